The maximum atomic E-state index is 13.7. The highest BCUT2D eigenvalue weighted by Gasteiger charge is 2.30. The summed E-state index contributed by atoms with van der Waals surface area (Å²) < 4.78 is 33.6. The van der Waals surface area contributed by atoms with Gasteiger partial charge in [-0.25, -0.2) is 13.8 Å². The van der Waals surface area contributed by atoms with Gasteiger partial charge in [-0.2, -0.15) is 0 Å². The standard InChI is InChI=1S/C21H23F2N3O/c1-21(4-7-26(2)8-5-21)13-27-18-3-6-24-20-19(18)17(12-25-20)14-9-15(22)11-16(23)10-14/h3,6,9-12H,4-5,7-8,13H2,1-2H3,(H,24,25). The number of likely N-dealkylation sites (tertiary alicyclic amines) is 1. The lowest BCUT2D eigenvalue weighted by Crippen LogP contribution is -2.39. The summed E-state index contributed by atoms with van der Waals surface area (Å²) in [6, 6.07) is 5.32. The molecule has 0 saturated carbocycles. The van der Waals surface area contributed by atoms with Gasteiger partial charge in [0, 0.05) is 29.4 Å². The van der Waals surface area contributed by atoms with Crippen molar-refractivity contribution in [1.29, 1.82) is 0 Å². The van der Waals surface area contributed by atoms with Crippen LogP contribution in [0.25, 0.3) is 22.2 Å². The summed E-state index contributed by atoms with van der Waals surface area (Å²) in [5, 5.41) is 0.749. The molecule has 0 amide bonds. The van der Waals surface area contributed by atoms with E-state index in [1.807, 2.05) is 6.07 Å². The number of piperidine rings is 1. The molecule has 142 valence electrons. The van der Waals surface area contributed by atoms with Crippen molar-refractivity contribution in [2.75, 3.05) is 26.7 Å². The van der Waals surface area contributed by atoms with E-state index in [1.54, 1.807) is 12.4 Å². The van der Waals surface area contributed by atoms with Crippen molar-refractivity contribution in [3.05, 3.63) is 48.3 Å². The van der Waals surface area contributed by atoms with Gasteiger partial charge in [0.15, 0.2) is 0 Å². The smallest absolute Gasteiger partial charge is 0.141 e. The maximum absolute atomic E-state index is 13.7. The predicted octanol–water partition coefficient (Wildman–Crippen LogP) is 4.62. The number of halogens is 2. The van der Waals surface area contributed by atoms with Gasteiger partial charge in [0.05, 0.1) is 12.0 Å². The molecule has 3 heterocycles. The summed E-state index contributed by atoms with van der Waals surface area (Å²) in [6.45, 7) is 4.97. The molecule has 0 unspecified atom stereocenters. The molecule has 1 fully saturated rings. The van der Waals surface area contributed by atoms with Gasteiger partial charge in [-0.15, -0.1) is 0 Å². The third-order valence-corrected chi connectivity index (χ3v) is 5.48. The highest BCUT2D eigenvalue weighted by Crippen LogP contribution is 2.37. The van der Waals surface area contributed by atoms with E-state index >= 15 is 0 Å². The molecule has 6 heteroatoms. The van der Waals surface area contributed by atoms with Crippen LogP contribution in [0.2, 0.25) is 0 Å². The SMILES string of the molecule is CN1CCC(C)(COc2ccnc3[nH]cc(-c4cc(F)cc(F)c4)c23)CC1. The van der Waals surface area contributed by atoms with E-state index in [-0.39, 0.29) is 5.41 Å². The number of ether oxygens (including phenoxy) is 1. The zero-order chi connectivity index (χ0) is 19.0. The van der Waals surface area contributed by atoms with Crippen LogP contribution < -0.4 is 4.74 Å². The molecule has 27 heavy (non-hydrogen) atoms. The molecule has 0 aliphatic carbocycles. The highest BCUT2D eigenvalue weighted by atomic mass is 19.1. The number of hydrogen-bond acceptors (Lipinski definition) is 3. The third-order valence-electron chi connectivity index (χ3n) is 5.48. The van der Waals surface area contributed by atoms with Crippen molar-refractivity contribution >= 4 is 11.0 Å². The van der Waals surface area contributed by atoms with E-state index in [1.165, 1.54) is 12.1 Å². The Labute approximate surface area is 157 Å². The molecule has 1 aliphatic rings. The Morgan fingerprint density at radius 2 is 1.89 bits per heavy atom. The van der Waals surface area contributed by atoms with Crippen molar-refractivity contribution in [1.82, 2.24) is 14.9 Å². The number of aromatic amines is 1. The van der Waals surface area contributed by atoms with Crippen molar-refractivity contribution in [3.8, 4) is 16.9 Å². The molecule has 1 N–H and O–H groups in total. The molecule has 1 aromatic carbocycles. The molecule has 0 radical (unpaired) electrons. The summed E-state index contributed by atoms with van der Waals surface area (Å²) >= 11 is 0. The van der Waals surface area contributed by atoms with Gasteiger partial charge >= 0.3 is 0 Å². The first kappa shape index (κ1) is 17.9. The zero-order valence-electron chi connectivity index (χ0n) is 15.6. The fraction of sp³-hybridized carbons (Fsp3) is 0.381. The fourth-order valence-corrected chi connectivity index (χ4v) is 3.64. The Morgan fingerprint density at radius 3 is 2.59 bits per heavy atom. The quantitative estimate of drug-likeness (QED) is 0.728. The Morgan fingerprint density at radius 1 is 1.19 bits per heavy atom. The average molecular weight is 371 g/mol. The average Bonchev–Trinajstić information content (AvgIpc) is 3.07. The molecule has 1 aliphatic heterocycles. The summed E-state index contributed by atoms with van der Waals surface area (Å²) in [6.07, 6.45) is 5.55. The Balaban J connectivity index is 1.66. The van der Waals surface area contributed by atoms with Crippen molar-refractivity contribution in [2.24, 2.45) is 5.41 Å². The molecule has 0 spiro atoms. The molecule has 0 atom stereocenters. The molecular weight excluding hydrogens is 348 g/mol. The van der Waals surface area contributed by atoms with Crippen LogP contribution in [-0.4, -0.2) is 41.6 Å². The Hall–Kier alpha value is -2.47. The lowest BCUT2D eigenvalue weighted by Gasteiger charge is -2.37. The van der Waals surface area contributed by atoms with Crippen LogP contribution in [0.5, 0.6) is 5.75 Å². The minimum absolute atomic E-state index is 0.115. The molecule has 4 rings (SSSR count). The Bertz CT molecular complexity index is 941. The largest absolute Gasteiger partial charge is 0.492 e. The van der Waals surface area contributed by atoms with Gasteiger partial charge in [0.25, 0.3) is 0 Å². The van der Waals surface area contributed by atoms with Crippen LogP contribution in [0.4, 0.5) is 8.78 Å². The van der Waals surface area contributed by atoms with E-state index in [4.69, 9.17) is 4.74 Å². The number of rotatable bonds is 4. The highest BCUT2D eigenvalue weighted by molar-refractivity contribution is 5.98. The van der Waals surface area contributed by atoms with Crippen LogP contribution in [0.3, 0.4) is 0 Å². The van der Waals surface area contributed by atoms with Gasteiger partial charge < -0.3 is 14.6 Å². The first-order chi connectivity index (χ1) is 12.9. The van der Waals surface area contributed by atoms with E-state index in [0.717, 1.165) is 37.4 Å². The van der Waals surface area contributed by atoms with Gasteiger partial charge in [-0.3, -0.25) is 0 Å². The number of aromatic nitrogens is 2. The van der Waals surface area contributed by atoms with E-state index in [0.29, 0.717) is 29.1 Å². The number of nitrogens with one attached hydrogen (secondary N) is 1. The lowest BCUT2D eigenvalue weighted by atomic mass is 9.81. The minimum atomic E-state index is -0.607. The number of H-pyrrole nitrogens is 1. The van der Waals surface area contributed by atoms with E-state index in [2.05, 4.69) is 28.8 Å². The van der Waals surface area contributed by atoms with Crippen LogP contribution in [0.15, 0.2) is 36.7 Å². The molecule has 4 nitrogen and oxygen atoms in total. The lowest BCUT2D eigenvalue weighted by molar-refractivity contribution is 0.0811. The second-order valence-corrected chi connectivity index (χ2v) is 7.80. The number of nitrogens with zero attached hydrogens (tertiary/aromatic N) is 2. The monoisotopic (exact) mass is 371 g/mol. The van der Waals surface area contributed by atoms with Gasteiger partial charge in [-0.1, -0.05) is 6.92 Å². The van der Waals surface area contributed by atoms with Gasteiger partial charge in [0.1, 0.15) is 23.0 Å². The summed E-state index contributed by atoms with van der Waals surface area (Å²) in [5.41, 5.74) is 1.90. The van der Waals surface area contributed by atoms with Crippen LogP contribution >= 0.6 is 0 Å². The van der Waals surface area contributed by atoms with Crippen molar-refractivity contribution in [2.45, 2.75) is 19.8 Å². The molecular formula is C21H23F2N3O. The molecule has 3 aromatic rings. The summed E-state index contributed by atoms with van der Waals surface area (Å²) in [5.74, 6) is -0.532. The number of fused-ring (bicyclic) bond motifs is 1. The second kappa shape index (κ2) is 6.93. The molecule has 1 saturated heterocycles. The van der Waals surface area contributed by atoms with E-state index < -0.39 is 11.6 Å². The molecule has 2 aromatic heterocycles. The molecule has 0 bridgehead atoms. The summed E-state index contributed by atoms with van der Waals surface area (Å²) in [4.78, 5) is 9.73. The normalized spacial score (nSPS) is 17.3. The number of pyridine rings is 1. The zero-order valence-corrected chi connectivity index (χ0v) is 15.6. The fourth-order valence-electron chi connectivity index (χ4n) is 3.64. The first-order valence-corrected chi connectivity index (χ1v) is 9.17. The van der Waals surface area contributed by atoms with Crippen LogP contribution in [-0.2, 0) is 0 Å². The number of hydrogen-bond donors (Lipinski definition) is 1. The van der Waals surface area contributed by atoms with Gasteiger partial charge in [0.2, 0.25) is 0 Å². The summed E-state index contributed by atoms with van der Waals surface area (Å²) in [7, 11) is 2.14. The number of benzene rings is 1. The maximum Gasteiger partial charge on any atom is 0.141 e. The topological polar surface area (TPSA) is 41.1 Å². The van der Waals surface area contributed by atoms with Crippen LogP contribution in [0, 0.1) is 17.0 Å². The van der Waals surface area contributed by atoms with Gasteiger partial charge in [-0.05, 0) is 56.7 Å². The minimum Gasteiger partial charge on any atom is -0.492 e. The van der Waals surface area contributed by atoms with Crippen molar-refractivity contribution < 1.29 is 13.5 Å². The third kappa shape index (κ3) is 3.67. The Kier molecular flexibility index (Phi) is 4.60. The van der Waals surface area contributed by atoms with E-state index in [9.17, 15) is 8.78 Å². The first-order valence-electron chi connectivity index (χ1n) is 9.17. The van der Waals surface area contributed by atoms with Crippen molar-refractivity contribution in [3.63, 3.8) is 0 Å². The second-order valence-electron chi connectivity index (χ2n) is 7.80. The predicted molar refractivity (Wildman–Crippen MR) is 102 cm³/mol. The van der Waals surface area contributed by atoms with Crippen LogP contribution in [0.1, 0.15) is 19.8 Å².